The maximum absolute atomic E-state index is 14.0. The molecular weight excluding hydrogens is 286 g/mol. The Hall–Kier alpha value is -1.38. The highest BCUT2D eigenvalue weighted by Crippen LogP contribution is 2.29. The van der Waals surface area contributed by atoms with Crippen molar-refractivity contribution >= 4 is 29.0 Å². The highest BCUT2D eigenvalue weighted by atomic mass is 35.5. The first-order valence-corrected chi connectivity index (χ1v) is 6.43. The zero-order valence-corrected chi connectivity index (χ0v) is 11.9. The van der Waals surface area contributed by atoms with Gasteiger partial charge in [-0.3, -0.25) is 4.79 Å². The van der Waals surface area contributed by atoms with Crippen LogP contribution in [0, 0.1) is 19.7 Å². The number of halogens is 3. The van der Waals surface area contributed by atoms with E-state index >= 15 is 0 Å². The summed E-state index contributed by atoms with van der Waals surface area (Å²) in [6.07, 6.45) is 0. The van der Waals surface area contributed by atoms with Crippen LogP contribution >= 0.6 is 23.2 Å². The molecule has 2 aromatic carbocycles. The van der Waals surface area contributed by atoms with Crippen molar-refractivity contribution in [1.82, 2.24) is 0 Å². The van der Waals surface area contributed by atoms with Crippen LogP contribution in [0.5, 0.6) is 0 Å². The van der Waals surface area contributed by atoms with Crippen molar-refractivity contribution in [3.05, 3.63) is 68.4 Å². The lowest BCUT2D eigenvalue weighted by Gasteiger charge is -2.10. The minimum Gasteiger partial charge on any atom is -0.288 e. The van der Waals surface area contributed by atoms with Crippen molar-refractivity contribution < 1.29 is 9.18 Å². The van der Waals surface area contributed by atoms with Crippen molar-refractivity contribution in [3.63, 3.8) is 0 Å². The van der Waals surface area contributed by atoms with Crippen molar-refractivity contribution in [2.45, 2.75) is 13.8 Å². The van der Waals surface area contributed by atoms with E-state index < -0.39 is 11.6 Å². The summed E-state index contributed by atoms with van der Waals surface area (Å²) in [5, 5.41) is 0.439. The molecule has 0 spiro atoms. The van der Waals surface area contributed by atoms with Crippen LogP contribution in [0.2, 0.25) is 10.0 Å². The van der Waals surface area contributed by atoms with Gasteiger partial charge in [0.05, 0.1) is 21.2 Å². The lowest BCUT2D eigenvalue weighted by atomic mass is 9.97. The van der Waals surface area contributed by atoms with E-state index in [1.54, 1.807) is 38.1 Å². The molecule has 2 rings (SSSR count). The summed E-state index contributed by atoms with van der Waals surface area (Å²) in [5.41, 5.74) is 1.48. The molecular formula is C15H11Cl2FO. The van der Waals surface area contributed by atoms with Gasteiger partial charge in [-0.15, -0.1) is 0 Å². The molecule has 0 amide bonds. The van der Waals surface area contributed by atoms with Gasteiger partial charge < -0.3 is 0 Å². The van der Waals surface area contributed by atoms with E-state index in [0.29, 0.717) is 5.56 Å². The van der Waals surface area contributed by atoms with E-state index in [4.69, 9.17) is 23.2 Å². The smallest absolute Gasteiger partial charge is 0.199 e. The van der Waals surface area contributed by atoms with Gasteiger partial charge in [0.2, 0.25) is 0 Å². The number of ketones is 1. The van der Waals surface area contributed by atoms with E-state index in [-0.39, 0.29) is 21.2 Å². The lowest BCUT2D eigenvalue weighted by Crippen LogP contribution is -2.08. The maximum atomic E-state index is 14.0. The topological polar surface area (TPSA) is 17.1 Å². The first-order chi connectivity index (χ1) is 8.91. The lowest BCUT2D eigenvalue weighted by molar-refractivity contribution is 0.103. The summed E-state index contributed by atoms with van der Waals surface area (Å²) in [4.78, 5) is 12.4. The first kappa shape index (κ1) is 14.0. The Morgan fingerprint density at radius 2 is 1.63 bits per heavy atom. The molecule has 0 aliphatic rings. The Morgan fingerprint density at radius 1 is 1.05 bits per heavy atom. The second kappa shape index (κ2) is 5.32. The van der Waals surface area contributed by atoms with Gasteiger partial charge in [-0.2, -0.15) is 0 Å². The van der Waals surface area contributed by atoms with Crippen molar-refractivity contribution in [3.8, 4) is 0 Å². The Kier molecular flexibility index (Phi) is 3.93. The summed E-state index contributed by atoms with van der Waals surface area (Å²) in [6.45, 7) is 3.46. The highest BCUT2D eigenvalue weighted by molar-refractivity contribution is 6.41. The molecule has 19 heavy (non-hydrogen) atoms. The van der Waals surface area contributed by atoms with Crippen LogP contribution in [0.25, 0.3) is 0 Å². The van der Waals surface area contributed by atoms with Gasteiger partial charge in [-0.1, -0.05) is 35.3 Å². The molecule has 0 N–H and O–H groups in total. The van der Waals surface area contributed by atoms with E-state index in [2.05, 4.69) is 0 Å². The number of hydrogen-bond donors (Lipinski definition) is 0. The molecule has 0 saturated carbocycles. The van der Waals surface area contributed by atoms with Gasteiger partial charge in [-0.05, 0) is 43.2 Å². The molecule has 0 heterocycles. The normalized spacial score (nSPS) is 10.6. The fourth-order valence-electron chi connectivity index (χ4n) is 2.04. The van der Waals surface area contributed by atoms with Gasteiger partial charge in [0, 0.05) is 0 Å². The molecule has 4 heteroatoms. The Balaban J connectivity index is 2.64. The van der Waals surface area contributed by atoms with E-state index in [9.17, 15) is 9.18 Å². The molecule has 2 aromatic rings. The van der Waals surface area contributed by atoms with Crippen molar-refractivity contribution in [2.75, 3.05) is 0 Å². The zero-order chi connectivity index (χ0) is 14.2. The Labute approximate surface area is 121 Å². The molecule has 0 aromatic heterocycles. The molecule has 98 valence electrons. The summed E-state index contributed by atoms with van der Waals surface area (Å²) in [7, 11) is 0. The average molecular weight is 297 g/mol. The quantitative estimate of drug-likeness (QED) is 0.714. The molecule has 0 atom stereocenters. The number of hydrogen-bond acceptors (Lipinski definition) is 1. The summed E-state index contributed by atoms with van der Waals surface area (Å²) < 4.78 is 14.0. The van der Waals surface area contributed by atoms with Gasteiger partial charge >= 0.3 is 0 Å². The molecule has 1 nitrogen and oxygen atoms in total. The first-order valence-electron chi connectivity index (χ1n) is 5.67. The van der Waals surface area contributed by atoms with Gasteiger partial charge in [-0.25, -0.2) is 4.39 Å². The number of rotatable bonds is 2. The Morgan fingerprint density at radius 3 is 2.16 bits per heavy atom. The third kappa shape index (κ3) is 2.65. The van der Waals surface area contributed by atoms with Gasteiger partial charge in [0.15, 0.2) is 5.78 Å². The summed E-state index contributed by atoms with van der Waals surface area (Å²) in [5.74, 6) is -1.05. The van der Waals surface area contributed by atoms with Gasteiger partial charge in [0.1, 0.15) is 5.82 Å². The fraction of sp³-hybridized carbons (Fsp3) is 0.133. The van der Waals surface area contributed by atoms with Crippen molar-refractivity contribution in [2.24, 2.45) is 0 Å². The Bertz CT molecular complexity index is 622. The number of carbonyl (C=O) groups is 1. The maximum Gasteiger partial charge on any atom is 0.199 e. The van der Waals surface area contributed by atoms with Crippen LogP contribution in [0.3, 0.4) is 0 Å². The highest BCUT2D eigenvalue weighted by Gasteiger charge is 2.21. The van der Waals surface area contributed by atoms with Crippen LogP contribution in [-0.2, 0) is 0 Å². The minimum absolute atomic E-state index is 0.0144. The predicted molar refractivity (Wildman–Crippen MR) is 75.8 cm³/mol. The largest absolute Gasteiger partial charge is 0.288 e. The van der Waals surface area contributed by atoms with Crippen LogP contribution in [0.15, 0.2) is 30.3 Å². The number of benzene rings is 2. The fourth-order valence-corrected chi connectivity index (χ4v) is 2.61. The van der Waals surface area contributed by atoms with Crippen LogP contribution < -0.4 is 0 Å². The third-order valence-electron chi connectivity index (χ3n) is 2.85. The van der Waals surface area contributed by atoms with Gasteiger partial charge in [0.25, 0.3) is 0 Å². The van der Waals surface area contributed by atoms with E-state index in [1.807, 2.05) is 0 Å². The number of aryl methyl sites for hydroxylation is 2. The molecule has 0 bridgehead atoms. The number of carbonyl (C=O) groups excluding carboxylic acids is 1. The average Bonchev–Trinajstić information content (AvgIpc) is 2.26. The van der Waals surface area contributed by atoms with Crippen LogP contribution in [-0.4, -0.2) is 5.78 Å². The second-order valence-electron chi connectivity index (χ2n) is 4.36. The molecule has 0 radical (unpaired) electrons. The van der Waals surface area contributed by atoms with E-state index in [1.165, 1.54) is 6.07 Å². The van der Waals surface area contributed by atoms with Crippen LogP contribution in [0.1, 0.15) is 27.0 Å². The molecule has 0 aliphatic carbocycles. The summed E-state index contributed by atoms with van der Waals surface area (Å²) in [6, 6.07) is 7.83. The predicted octanol–water partition coefficient (Wildman–Crippen LogP) is 4.98. The van der Waals surface area contributed by atoms with Crippen molar-refractivity contribution in [1.29, 1.82) is 0 Å². The second-order valence-corrected chi connectivity index (χ2v) is 5.18. The molecule has 0 aliphatic heterocycles. The SMILES string of the molecule is Cc1cc(C)c(C(=O)c2c(Cl)cccc2Cl)c(F)c1. The standard InChI is InChI=1S/C15H11Cl2FO/c1-8-6-9(2)13(12(18)7-8)15(19)14-10(16)4-3-5-11(14)17/h3-7H,1-2H3. The summed E-state index contributed by atoms with van der Waals surface area (Å²) >= 11 is 12.0. The zero-order valence-electron chi connectivity index (χ0n) is 10.4. The molecule has 0 fully saturated rings. The van der Waals surface area contributed by atoms with E-state index in [0.717, 1.165) is 5.56 Å². The molecule has 0 saturated heterocycles. The van der Waals surface area contributed by atoms with Crippen LogP contribution in [0.4, 0.5) is 4.39 Å². The molecule has 0 unspecified atom stereocenters. The monoisotopic (exact) mass is 296 g/mol. The minimum atomic E-state index is -0.557. The third-order valence-corrected chi connectivity index (χ3v) is 3.48.